The van der Waals surface area contributed by atoms with E-state index in [9.17, 15) is 52.0 Å². The average molecular weight is 679 g/mol. The first-order chi connectivity index (χ1) is 18.3. The number of alkyl halides is 8. The van der Waals surface area contributed by atoms with E-state index in [4.69, 9.17) is 9.11 Å². The fourth-order valence-electron chi connectivity index (χ4n) is 3.68. The quantitative estimate of drug-likeness (QED) is 0.0496. The summed E-state index contributed by atoms with van der Waals surface area (Å²) in [5.74, 6) is 0. The highest BCUT2D eigenvalue weighted by Gasteiger charge is 2.26. The monoisotopic (exact) mass is 678 g/mol. The maximum absolute atomic E-state index is 12.8. The van der Waals surface area contributed by atoms with E-state index in [0.717, 1.165) is 51.4 Å². The third-order valence-corrected chi connectivity index (χ3v) is 7.69. The van der Waals surface area contributed by atoms with Crippen LogP contribution in [0.25, 0.3) is 0 Å². The summed E-state index contributed by atoms with van der Waals surface area (Å²) in [4.78, 5) is 0. The molecule has 0 aromatic heterocycles. The lowest BCUT2D eigenvalue weighted by atomic mass is 10.1. The zero-order valence-electron chi connectivity index (χ0n) is 24.1. The number of hydrogen-bond donors (Lipinski definition) is 4. The van der Waals surface area contributed by atoms with Crippen molar-refractivity contribution < 1.29 is 61.1 Å². The Hall–Kier alpha value is -0.820. The van der Waals surface area contributed by atoms with Gasteiger partial charge in [0.25, 0.3) is 20.2 Å². The molecule has 0 amide bonds. The molecule has 260 valence electrons. The predicted octanol–water partition coefficient (Wildman–Crippen LogP) is 9.59. The van der Waals surface area contributed by atoms with Crippen LogP contribution in [0, 0.1) is 0 Å². The Morgan fingerprint density at radius 2 is 0.619 bits per heavy atom. The standard InChI is InChI=1S/2C12H22F4O3S.2H3N/c2*13-11(20(17,18)19)9-7-5-3-1-2-4-6-8-10-12(14,15)16;;/h2*11H,1-10H2,(H,17,18,19);2*1H3. The highest BCUT2D eigenvalue weighted by Crippen LogP contribution is 2.24. The van der Waals surface area contributed by atoms with Crippen LogP contribution in [0.1, 0.15) is 128 Å². The van der Waals surface area contributed by atoms with Crippen molar-refractivity contribution in [1.29, 1.82) is 0 Å². The van der Waals surface area contributed by atoms with Gasteiger partial charge >= 0.3 is 12.4 Å². The second-order valence-corrected chi connectivity index (χ2v) is 12.9. The zero-order chi connectivity index (χ0) is 31.3. The van der Waals surface area contributed by atoms with E-state index in [2.05, 4.69) is 0 Å². The van der Waals surface area contributed by atoms with Crippen molar-refractivity contribution in [2.75, 3.05) is 0 Å². The first-order valence-electron chi connectivity index (χ1n) is 13.6. The van der Waals surface area contributed by atoms with Crippen molar-refractivity contribution in [3.63, 3.8) is 0 Å². The van der Waals surface area contributed by atoms with E-state index in [1.54, 1.807) is 0 Å². The molecule has 0 bridgehead atoms. The zero-order valence-corrected chi connectivity index (χ0v) is 25.7. The van der Waals surface area contributed by atoms with Gasteiger partial charge in [-0.2, -0.15) is 43.2 Å². The molecule has 0 aliphatic heterocycles. The van der Waals surface area contributed by atoms with Crippen LogP contribution in [-0.2, 0) is 20.2 Å². The number of rotatable bonds is 22. The lowest BCUT2D eigenvalue weighted by molar-refractivity contribution is -0.136. The Kier molecular flexibility index (Phi) is 29.2. The van der Waals surface area contributed by atoms with Crippen LogP contribution < -0.4 is 12.3 Å². The van der Waals surface area contributed by atoms with E-state index >= 15 is 0 Å². The summed E-state index contributed by atoms with van der Waals surface area (Å²) in [6.07, 6.45) is -0.196. The average Bonchev–Trinajstić information content (AvgIpc) is 2.79. The van der Waals surface area contributed by atoms with Gasteiger partial charge < -0.3 is 12.3 Å². The van der Waals surface area contributed by atoms with E-state index in [-0.39, 0.29) is 38.0 Å². The molecule has 0 aliphatic carbocycles. The van der Waals surface area contributed by atoms with Crippen molar-refractivity contribution >= 4 is 20.2 Å². The molecule has 0 radical (unpaired) electrons. The molecule has 2 atom stereocenters. The normalized spacial score (nSPS) is 13.8. The summed E-state index contributed by atoms with van der Waals surface area (Å²) < 4.78 is 155. The van der Waals surface area contributed by atoms with Gasteiger partial charge in [-0.3, -0.25) is 9.11 Å². The summed E-state index contributed by atoms with van der Waals surface area (Å²) in [6, 6.07) is 0. The first-order valence-corrected chi connectivity index (χ1v) is 16.6. The van der Waals surface area contributed by atoms with Crippen molar-refractivity contribution in [3.05, 3.63) is 0 Å². The molecular formula is C24H50F8N2O6S2. The molecule has 0 aliphatic rings. The Bertz CT molecular complexity index is 762. The van der Waals surface area contributed by atoms with E-state index in [1.807, 2.05) is 0 Å². The molecule has 0 saturated heterocycles. The molecular weight excluding hydrogens is 628 g/mol. The summed E-state index contributed by atoms with van der Waals surface area (Å²) >= 11 is 0. The second kappa shape index (κ2) is 25.5. The van der Waals surface area contributed by atoms with Crippen LogP contribution in [-0.4, -0.2) is 49.3 Å². The van der Waals surface area contributed by atoms with Gasteiger partial charge in [0.1, 0.15) is 0 Å². The maximum atomic E-state index is 12.8. The fourth-order valence-corrected chi connectivity index (χ4v) is 4.61. The van der Waals surface area contributed by atoms with Gasteiger partial charge in [0.15, 0.2) is 0 Å². The van der Waals surface area contributed by atoms with Gasteiger partial charge in [-0.1, -0.05) is 77.0 Å². The third-order valence-electron chi connectivity index (χ3n) is 5.93. The predicted molar refractivity (Wildman–Crippen MR) is 147 cm³/mol. The minimum absolute atomic E-state index is 0. The van der Waals surface area contributed by atoms with Crippen LogP contribution in [0.2, 0.25) is 0 Å². The van der Waals surface area contributed by atoms with Crippen LogP contribution >= 0.6 is 0 Å². The van der Waals surface area contributed by atoms with E-state index in [0.29, 0.717) is 38.5 Å². The Labute approximate surface area is 245 Å². The highest BCUT2D eigenvalue weighted by atomic mass is 32.2. The first kappa shape index (κ1) is 48.1. The van der Waals surface area contributed by atoms with Crippen LogP contribution in [0.15, 0.2) is 0 Å². The smallest absolute Gasteiger partial charge is 0.344 e. The molecule has 0 heterocycles. The van der Waals surface area contributed by atoms with Crippen LogP contribution in [0.5, 0.6) is 0 Å². The minimum atomic E-state index is -4.58. The van der Waals surface area contributed by atoms with E-state index < -0.39 is 56.4 Å². The molecule has 0 aromatic rings. The molecule has 0 fully saturated rings. The van der Waals surface area contributed by atoms with E-state index in [1.165, 1.54) is 0 Å². The SMILES string of the molecule is N.N.O=S(=O)(O)C(F)CCCCCCCCCCC(F)(F)F.O=S(=O)(O)C(F)CCCCCCCCCCC(F)(F)F. The molecule has 0 aromatic carbocycles. The van der Waals surface area contributed by atoms with Gasteiger partial charge in [-0.25, -0.2) is 8.78 Å². The Morgan fingerprint density at radius 3 is 0.810 bits per heavy atom. The lowest BCUT2D eigenvalue weighted by Gasteiger charge is -2.06. The number of halogens is 8. The Morgan fingerprint density at radius 1 is 0.429 bits per heavy atom. The van der Waals surface area contributed by atoms with Crippen molar-refractivity contribution in [3.8, 4) is 0 Å². The molecule has 8 nitrogen and oxygen atoms in total. The molecule has 18 heteroatoms. The van der Waals surface area contributed by atoms with Crippen molar-refractivity contribution in [2.24, 2.45) is 0 Å². The van der Waals surface area contributed by atoms with Gasteiger partial charge in [0.2, 0.25) is 11.0 Å². The van der Waals surface area contributed by atoms with Crippen molar-refractivity contribution in [1.82, 2.24) is 12.3 Å². The van der Waals surface area contributed by atoms with Gasteiger partial charge in [0.05, 0.1) is 0 Å². The van der Waals surface area contributed by atoms with Crippen LogP contribution in [0.3, 0.4) is 0 Å². The van der Waals surface area contributed by atoms with Crippen molar-refractivity contribution in [2.45, 2.75) is 152 Å². The topological polar surface area (TPSA) is 179 Å². The van der Waals surface area contributed by atoms with Gasteiger partial charge in [-0.15, -0.1) is 0 Å². The minimum Gasteiger partial charge on any atom is -0.344 e. The Balaban J connectivity index is -0.000000328. The summed E-state index contributed by atoms with van der Waals surface area (Å²) in [7, 11) is -9.16. The number of hydrogen-bond acceptors (Lipinski definition) is 6. The molecule has 0 rings (SSSR count). The second-order valence-electron chi connectivity index (χ2n) is 9.81. The summed E-state index contributed by atoms with van der Waals surface area (Å²) in [6.45, 7) is 0. The molecule has 42 heavy (non-hydrogen) atoms. The molecule has 8 N–H and O–H groups in total. The number of unbranched alkanes of at least 4 members (excludes halogenated alkanes) is 14. The highest BCUT2D eigenvalue weighted by molar-refractivity contribution is 7.86. The summed E-state index contributed by atoms with van der Waals surface area (Å²) in [5, 5.41) is 0. The molecule has 0 spiro atoms. The van der Waals surface area contributed by atoms with Gasteiger partial charge in [-0.05, 0) is 38.5 Å². The summed E-state index contributed by atoms with van der Waals surface area (Å²) in [5.41, 5.74) is -4.44. The molecule has 2 unspecified atom stereocenters. The largest absolute Gasteiger partial charge is 0.389 e. The van der Waals surface area contributed by atoms with Crippen LogP contribution in [0.4, 0.5) is 35.1 Å². The van der Waals surface area contributed by atoms with Gasteiger partial charge in [0, 0.05) is 12.8 Å². The lowest BCUT2D eigenvalue weighted by Crippen LogP contribution is -2.14. The third kappa shape index (κ3) is 37.2. The maximum Gasteiger partial charge on any atom is 0.389 e. The molecule has 0 saturated carbocycles. The fraction of sp³-hybridized carbons (Fsp3) is 1.00.